The number of hydrogen-bond donors (Lipinski definition) is 3. The Balaban J connectivity index is 2.16. The average Bonchev–Trinajstić information content (AvgIpc) is 2.65. The highest BCUT2D eigenvalue weighted by Crippen LogP contribution is 2.20. The SMILES string of the molecule is NOc1cc(C(=O)CCC(=O)O)ncc1C(=O)N(N)Cc1ccccc1. The summed E-state index contributed by atoms with van der Waals surface area (Å²) < 4.78 is 0. The first-order chi connectivity index (χ1) is 12.4. The molecule has 0 spiro atoms. The fourth-order valence-electron chi connectivity index (χ4n) is 2.20. The number of carboxylic acids is 1. The second-order valence-electron chi connectivity index (χ2n) is 5.42. The molecule has 1 amide bonds. The first-order valence-electron chi connectivity index (χ1n) is 7.64. The van der Waals surface area contributed by atoms with Crippen LogP contribution in [0.15, 0.2) is 42.6 Å². The van der Waals surface area contributed by atoms with Gasteiger partial charge in [-0.15, -0.1) is 0 Å². The fraction of sp³-hybridized carbons (Fsp3) is 0.176. The Morgan fingerprint density at radius 3 is 2.46 bits per heavy atom. The van der Waals surface area contributed by atoms with E-state index >= 15 is 0 Å². The molecule has 0 saturated heterocycles. The van der Waals surface area contributed by atoms with Gasteiger partial charge in [0, 0.05) is 18.7 Å². The van der Waals surface area contributed by atoms with Crippen molar-refractivity contribution in [2.45, 2.75) is 19.4 Å². The van der Waals surface area contributed by atoms with Crippen molar-refractivity contribution in [3.05, 3.63) is 59.4 Å². The molecule has 2 aromatic rings. The van der Waals surface area contributed by atoms with Crippen LogP contribution in [0.2, 0.25) is 0 Å². The molecule has 26 heavy (non-hydrogen) atoms. The largest absolute Gasteiger partial charge is 0.481 e. The van der Waals surface area contributed by atoms with Crippen molar-refractivity contribution in [3.63, 3.8) is 0 Å². The Bertz CT molecular complexity index is 810. The number of rotatable bonds is 8. The zero-order valence-corrected chi connectivity index (χ0v) is 13.8. The number of aromatic nitrogens is 1. The quantitative estimate of drug-likeness (QED) is 0.273. The lowest BCUT2D eigenvalue weighted by atomic mass is 10.1. The van der Waals surface area contributed by atoms with Gasteiger partial charge in [0.25, 0.3) is 5.91 Å². The lowest BCUT2D eigenvalue weighted by Crippen LogP contribution is -2.37. The summed E-state index contributed by atoms with van der Waals surface area (Å²) in [5.41, 5.74) is 0.766. The van der Waals surface area contributed by atoms with E-state index in [4.69, 9.17) is 16.8 Å². The summed E-state index contributed by atoms with van der Waals surface area (Å²) in [6.45, 7) is 0.156. The second-order valence-corrected chi connectivity index (χ2v) is 5.42. The topological polar surface area (TPSA) is 149 Å². The predicted molar refractivity (Wildman–Crippen MR) is 90.8 cm³/mol. The minimum absolute atomic E-state index is 0.0132. The van der Waals surface area contributed by atoms with Gasteiger partial charge in [0.2, 0.25) is 0 Å². The summed E-state index contributed by atoms with van der Waals surface area (Å²) in [5.74, 6) is 8.73. The predicted octanol–water partition coefficient (Wildman–Crippen LogP) is 0.898. The highest BCUT2D eigenvalue weighted by molar-refractivity contribution is 5.99. The van der Waals surface area contributed by atoms with E-state index in [1.54, 1.807) is 0 Å². The molecule has 1 aromatic heterocycles. The number of ketones is 1. The molecule has 9 nitrogen and oxygen atoms in total. The minimum atomic E-state index is -1.10. The molecule has 1 heterocycles. The van der Waals surface area contributed by atoms with E-state index < -0.39 is 17.7 Å². The monoisotopic (exact) mass is 358 g/mol. The number of hydrazine groups is 1. The third-order valence-electron chi connectivity index (χ3n) is 3.53. The lowest BCUT2D eigenvalue weighted by molar-refractivity contribution is -0.136. The van der Waals surface area contributed by atoms with Crippen LogP contribution in [0, 0.1) is 0 Å². The molecule has 5 N–H and O–H groups in total. The molecule has 9 heteroatoms. The van der Waals surface area contributed by atoms with E-state index in [0.29, 0.717) is 0 Å². The highest BCUT2D eigenvalue weighted by Gasteiger charge is 2.21. The Kier molecular flexibility index (Phi) is 6.36. The van der Waals surface area contributed by atoms with Crippen molar-refractivity contribution >= 4 is 17.7 Å². The van der Waals surface area contributed by atoms with Crippen molar-refractivity contribution in [3.8, 4) is 5.75 Å². The van der Waals surface area contributed by atoms with Crippen molar-refractivity contribution in [1.82, 2.24) is 9.99 Å². The average molecular weight is 358 g/mol. The third-order valence-corrected chi connectivity index (χ3v) is 3.53. The zero-order valence-electron chi connectivity index (χ0n) is 13.8. The molecular weight excluding hydrogens is 340 g/mol. The molecule has 1 aromatic carbocycles. The standard InChI is InChI=1S/C17H18N4O5/c18-21(10-11-4-2-1-3-5-11)17(25)12-9-20-13(8-15(12)26-19)14(22)6-7-16(23)24/h1-5,8-9H,6-7,10,18-19H2,(H,23,24). The van der Waals surface area contributed by atoms with Crippen molar-refractivity contribution < 1.29 is 24.3 Å². The van der Waals surface area contributed by atoms with E-state index in [0.717, 1.165) is 16.8 Å². The van der Waals surface area contributed by atoms with Gasteiger partial charge in [0.05, 0.1) is 13.0 Å². The van der Waals surface area contributed by atoms with Gasteiger partial charge in [-0.1, -0.05) is 30.3 Å². The lowest BCUT2D eigenvalue weighted by Gasteiger charge is -2.18. The summed E-state index contributed by atoms with van der Waals surface area (Å²) in [6, 6.07) is 10.3. The number of carbonyl (C=O) groups is 3. The van der Waals surface area contributed by atoms with Crippen LogP contribution >= 0.6 is 0 Å². The van der Waals surface area contributed by atoms with Crippen molar-refractivity contribution in [1.29, 1.82) is 0 Å². The summed E-state index contributed by atoms with van der Waals surface area (Å²) in [7, 11) is 0. The van der Waals surface area contributed by atoms with E-state index in [9.17, 15) is 14.4 Å². The molecular formula is C17H18N4O5. The van der Waals surface area contributed by atoms with Gasteiger partial charge in [-0.25, -0.2) is 5.84 Å². The third kappa shape index (κ3) is 4.85. The van der Waals surface area contributed by atoms with Crippen LogP contribution in [0.1, 0.15) is 39.3 Å². The Morgan fingerprint density at radius 1 is 1.15 bits per heavy atom. The number of pyridine rings is 1. The van der Waals surface area contributed by atoms with E-state index in [1.807, 2.05) is 30.3 Å². The van der Waals surface area contributed by atoms with Crippen LogP contribution in [-0.4, -0.2) is 32.8 Å². The molecule has 0 aliphatic carbocycles. The van der Waals surface area contributed by atoms with Crippen LogP contribution in [0.5, 0.6) is 5.75 Å². The number of hydrogen-bond acceptors (Lipinski definition) is 7. The maximum Gasteiger partial charge on any atom is 0.303 e. The Hall–Kier alpha value is -3.30. The molecule has 0 fully saturated rings. The number of nitrogens with two attached hydrogens (primary N) is 2. The van der Waals surface area contributed by atoms with Crippen LogP contribution in [0.3, 0.4) is 0 Å². The number of carbonyl (C=O) groups excluding carboxylic acids is 2. The Morgan fingerprint density at radius 2 is 1.85 bits per heavy atom. The highest BCUT2D eigenvalue weighted by atomic mass is 16.6. The van der Waals surface area contributed by atoms with E-state index in [2.05, 4.69) is 9.82 Å². The van der Waals surface area contributed by atoms with Gasteiger partial charge in [0.15, 0.2) is 11.5 Å². The molecule has 136 valence electrons. The summed E-state index contributed by atoms with van der Waals surface area (Å²) in [4.78, 5) is 43.5. The van der Waals surface area contributed by atoms with E-state index in [1.165, 1.54) is 6.07 Å². The number of Topliss-reactive ketones (excluding diaryl/α,β-unsaturated/α-hetero) is 1. The molecule has 0 bridgehead atoms. The molecule has 0 unspecified atom stereocenters. The summed E-state index contributed by atoms with van der Waals surface area (Å²) >= 11 is 0. The second kappa shape index (κ2) is 8.70. The van der Waals surface area contributed by atoms with Crippen LogP contribution < -0.4 is 16.6 Å². The van der Waals surface area contributed by atoms with E-state index in [-0.39, 0.29) is 36.4 Å². The van der Waals surface area contributed by atoms with Gasteiger partial charge in [-0.2, -0.15) is 5.90 Å². The first-order valence-corrected chi connectivity index (χ1v) is 7.64. The fourth-order valence-corrected chi connectivity index (χ4v) is 2.20. The van der Waals surface area contributed by atoms with Crippen LogP contribution in [-0.2, 0) is 11.3 Å². The normalized spacial score (nSPS) is 10.2. The summed E-state index contributed by atoms with van der Waals surface area (Å²) in [5, 5.41) is 9.60. The number of nitrogens with zero attached hydrogens (tertiary/aromatic N) is 2. The zero-order chi connectivity index (χ0) is 19.1. The van der Waals surface area contributed by atoms with Gasteiger partial charge in [-0.3, -0.25) is 24.4 Å². The number of carboxylic acid groups (broad SMARTS) is 1. The van der Waals surface area contributed by atoms with Gasteiger partial charge < -0.3 is 9.94 Å². The van der Waals surface area contributed by atoms with Crippen LogP contribution in [0.4, 0.5) is 0 Å². The van der Waals surface area contributed by atoms with Crippen molar-refractivity contribution in [2.24, 2.45) is 11.7 Å². The minimum Gasteiger partial charge on any atom is -0.481 e. The van der Waals surface area contributed by atoms with Crippen molar-refractivity contribution in [2.75, 3.05) is 0 Å². The molecule has 0 aliphatic rings. The van der Waals surface area contributed by atoms with Gasteiger partial charge >= 0.3 is 5.97 Å². The first kappa shape index (κ1) is 19.0. The number of aliphatic carboxylic acids is 1. The maximum absolute atomic E-state index is 12.5. The molecule has 2 rings (SSSR count). The maximum atomic E-state index is 12.5. The molecule has 0 aliphatic heterocycles. The molecule has 0 radical (unpaired) electrons. The Labute approximate surface area is 149 Å². The summed E-state index contributed by atoms with van der Waals surface area (Å²) in [6.07, 6.45) is 0.577. The van der Waals surface area contributed by atoms with Crippen LogP contribution in [0.25, 0.3) is 0 Å². The smallest absolute Gasteiger partial charge is 0.303 e. The van der Waals surface area contributed by atoms with Gasteiger partial charge in [-0.05, 0) is 5.56 Å². The van der Waals surface area contributed by atoms with Gasteiger partial charge in [0.1, 0.15) is 11.3 Å². The molecule has 0 atom stereocenters. The molecule has 0 saturated carbocycles. The number of amides is 1. The number of benzene rings is 1.